The minimum absolute atomic E-state index is 0.314. The Morgan fingerprint density at radius 3 is 3.12 bits per heavy atom. The average molecular weight is 367 g/mol. The number of anilines is 2. The number of hydrogen-bond acceptors (Lipinski definition) is 6. The predicted molar refractivity (Wildman–Crippen MR) is 104 cm³/mol. The number of nitrogens with zero attached hydrogens (tertiary/aromatic N) is 2. The van der Waals surface area contributed by atoms with Gasteiger partial charge in [-0.15, -0.1) is 11.3 Å². The number of carbonyl (C=O) groups is 1. The quantitative estimate of drug-likeness (QED) is 0.675. The number of thiophene rings is 1. The van der Waals surface area contributed by atoms with E-state index < -0.39 is 0 Å². The second-order valence-electron chi connectivity index (χ2n) is 6.68. The smallest absolute Gasteiger partial charge is 0.338 e. The van der Waals surface area contributed by atoms with E-state index in [-0.39, 0.29) is 5.97 Å². The van der Waals surface area contributed by atoms with Gasteiger partial charge >= 0.3 is 5.97 Å². The van der Waals surface area contributed by atoms with Crippen LogP contribution in [-0.2, 0) is 17.6 Å². The van der Waals surface area contributed by atoms with Crippen molar-refractivity contribution in [3.8, 4) is 0 Å². The lowest BCUT2D eigenvalue weighted by Crippen LogP contribution is -2.09. The molecule has 0 amide bonds. The Kier molecular flexibility index (Phi) is 4.59. The minimum Gasteiger partial charge on any atom is -0.462 e. The second kappa shape index (κ2) is 7.03. The molecule has 5 nitrogen and oxygen atoms in total. The molecule has 0 radical (unpaired) electrons. The van der Waals surface area contributed by atoms with E-state index in [0.717, 1.165) is 40.5 Å². The minimum atomic E-state index is -0.314. The monoisotopic (exact) mass is 367 g/mol. The fraction of sp³-hybridized carbons (Fsp3) is 0.350. The van der Waals surface area contributed by atoms with Crippen LogP contribution < -0.4 is 5.32 Å². The Bertz CT molecular complexity index is 967. The van der Waals surface area contributed by atoms with Crippen LogP contribution in [0.5, 0.6) is 0 Å². The van der Waals surface area contributed by atoms with Crippen molar-refractivity contribution in [3.63, 3.8) is 0 Å². The van der Waals surface area contributed by atoms with Crippen molar-refractivity contribution in [2.45, 2.75) is 33.1 Å². The molecule has 0 saturated heterocycles. The number of nitrogens with one attached hydrogen (secondary N) is 1. The first-order chi connectivity index (χ1) is 12.7. The number of benzene rings is 1. The van der Waals surface area contributed by atoms with E-state index in [1.54, 1.807) is 36.7 Å². The molecule has 1 atom stereocenters. The van der Waals surface area contributed by atoms with Gasteiger partial charge in [-0.1, -0.05) is 13.0 Å². The summed E-state index contributed by atoms with van der Waals surface area (Å²) in [5.41, 5.74) is 2.73. The molecule has 0 spiro atoms. The Labute approximate surface area is 156 Å². The summed E-state index contributed by atoms with van der Waals surface area (Å²) in [5, 5.41) is 4.51. The Balaban J connectivity index is 1.70. The van der Waals surface area contributed by atoms with Gasteiger partial charge in [-0.3, -0.25) is 0 Å². The van der Waals surface area contributed by atoms with Gasteiger partial charge in [-0.05, 0) is 55.9 Å². The number of ether oxygens (including phenoxy) is 1. The molecule has 0 fully saturated rings. The van der Waals surface area contributed by atoms with Gasteiger partial charge in [0.15, 0.2) is 0 Å². The van der Waals surface area contributed by atoms with Crippen molar-refractivity contribution in [3.05, 3.63) is 46.6 Å². The van der Waals surface area contributed by atoms with Crippen LogP contribution in [0.25, 0.3) is 10.2 Å². The highest BCUT2D eigenvalue weighted by Crippen LogP contribution is 2.40. The van der Waals surface area contributed by atoms with Crippen LogP contribution in [0.2, 0.25) is 0 Å². The molecule has 4 rings (SSSR count). The normalized spacial score (nSPS) is 16.3. The fourth-order valence-electron chi connectivity index (χ4n) is 3.44. The van der Waals surface area contributed by atoms with Crippen molar-refractivity contribution in [2.24, 2.45) is 5.92 Å². The first-order valence-corrected chi connectivity index (χ1v) is 9.76. The third-order valence-electron chi connectivity index (χ3n) is 4.73. The van der Waals surface area contributed by atoms with Crippen LogP contribution in [0.15, 0.2) is 30.6 Å². The number of hydrogen-bond donors (Lipinski definition) is 1. The van der Waals surface area contributed by atoms with Crippen LogP contribution in [0.4, 0.5) is 11.5 Å². The molecule has 6 heteroatoms. The molecular weight excluding hydrogens is 346 g/mol. The SMILES string of the molecule is CCOC(=O)c1cccc(Nc2ncnc3sc4c(c23)CC[C@@H](C)C4)c1. The van der Waals surface area contributed by atoms with E-state index in [1.807, 2.05) is 12.1 Å². The van der Waals surface area contributed by atoms with Crippen molar-refractivity contribution < 1.29 is 9.53 Å². The zero-order chi connectivity index (χ0) is 18.1. The van der Waals surface area contributed by atoms with E-state index in [0.29, 0.717) is 12.2 Å². The van der Waals surface area contributed by atoms with Crippen molar-refractivity contribution >= 4 is 39.0 Å². The number of rotatable bonds is 4. The fourth-order valence-corrected chi connectivity index (χ4v) is 4.80. The summed E-state index contributed by atoms with van der Waals surface area (Å²) in [4.78, 5) is 23.4. The average Bonchev–Trinajstić information content (AvgIpc) is 3.00. The van der Waals surface area contributed by atoms with E-state index in [4.69, 9.17) is 4.74 Å². The van der Waals surface area contributed by atoms with Gasteiger partial charge in [0.05, 0.1) is 17.6 Å². The standard InChI is InChI=1S/C20H21N3O2S/c1-3-25-20(24)13-5-4-6-14(10-13)23-18-17-15-8-7-12(2)9-16(15)26-19(17)22-11-21-18/h4-6,10-12H,3,7-9H2,1-2H3,(H,21,22,23)/t12-/m1/s1. The second-order valence-corrected chi connectivity index (χ2v) is 7.76. The summed E-state index contributed by atoms with van der Waals surface area (Å²) in [6, 6.07) is 7.33. The summed E-state index contributed by atoms with van der Waals surface area (Å²) in [7, 11) is 0. The van der Waals surface area contributed by atoms with Crippen LogP contribution in [-0.4, -0.2) is 22.5 Å². The van der Waals surface area contributed by atoms with Crippen LogP contribution >= 0.6 is 11.3 Å². The lowest BCUT2D eigenvalue weighted by Gasteiger charge is -2.18. The molecular formula is C20H21N3O2S. The lowest BCUT2D eigenvalue weighted by molar-refractivity contribution is 0.0526. The maximum Gasteiger partial charge on any atom is 0.338 e. The molecule has 1 aromatic carbocycles. The van der Waals surface area contributed by atoms with Crippen molar-refractivity contribution in [1.82, 2.24) is 9.97 Å². The highest BCUT2D eigenvalue weighted by Gasteiger charge is 2.23. The summed E-state index contributed by atoms with van der Waals surface area (Å²) in [5.74, 6) is 1.22. The molecule has 2 heterocycles. The highest BCUT2D eigenvalue weighted by molar-refractivity contribution is 7.19. The third-order valence-corrected chi connectivity index (χ3v) is 5.89. The van der Waals surface area contributed by atoms with Gasteiger partial charge in [0.25, 0.3) is 0 Å². The van der Waals surface area contributed by atoms with E-state index in [1.165, 1.54) is 16.9 Å². The number of aromatic nitrogens is 2. The van der Waals surface area contributed by atoms with E-state index in [9.17, 15) is 4.79 Å². The van der Waals surface area contributed by atoms with Crippen LogP contribution in [0.1, 0.15) is 41.1 Å². The zero-order valence-electron chi connectivity index (χ0n) is 14.9. The third kappa shape index (κ3) is 3.17. The van der Waals surface area contributed by atoms with E-state index >= 15 is 0 Å². The lowest BCUT2D eigenvalue weighted by atomic mass is 9.89. The zero-order valence-corrected chi connectivity index (χ0v) is 15.7. The maximum atomic E-state index is 12.0. The Hall–Kier alpha value is -2.47. The molecule has 0 unspecified atom stereocenters. The van der Waals surface area contributed by atoms with Gasteiger partial charge in [0, 0.05) is 10.6 Å². The first kappa shape index (κ1) is 17.0. The van der Waals surface area contributed by atoms with Crippen molar-refractivity contribution in [2.75, 3.05) is 11.9 Å². The van der Waals surface area contributed by atoms with Gasteiger partial charge in [0.1, 0.15) is 17.0 Å². The molecule has 26 heavy (non-hydrogen) atoms. The van der Waals surface area contributed by atoms with Crippen LogP contribution in [0.3, 0.4) is 0 Å². The molecule has 1 aliphatic rings. The summed E-state index contributed by atoms with van der Waals surface area (Å²) in [6.07, 6.45) is 4.99. The molecule has 2 aromatic heterocycles. The summed E-state index contributed by atoms with van der Waals surface area (Å²) < 4.78 is 5.08. The highest BCUT2D eigenvalue weighted by atomic mass is 32.1. The van der Waals surface area contributed by atoms with Crippen molar-refractivity contribution in [1.29, 1.82) is 0 Å². The van der Waals surface area contributed by atoms with Gasteiger partial charge in [-0.2, -0.15) is 0 Å². The number of carbonyl (C=O) groups excluding carboxylic acids is 1. The number of esters is 1. The summed E-state index contributed by atoms with van der Waals surface area (Å²) >= 11 is 1.78. The van der Waals surface area contributed by atoms with Crippen LogP contribution in [0, 0.1) is 5.92 Å². The molecule has 0 aliphatic heterocycles. The Morgan fingerprint density at radius 2 is 2.27 bits per heavy atom. The molecule has 1 N–H and O–H groups in total. The number of fused-ring (bicyclic) bond motifs is 3. The maximum absolute atomic E-state index is 12.0. The molecule has 0 bridgehead atoms. The van der Waals surface area contributed by atoms with Gasteiger partial charge < -0.3 is 10.1 Å². The molecule has 134 valence electrons. The molecule has 0 saturated carbocycles. The number of aryl methyl sites for hydroxylation is 1. The molecule has 1 aliphatic carbocycles. The van der Waals surface area contributed by atoms with Gasteiger partial charge in [-0.25, -0.2) is 14.8 Å². The predicted octanol–water partition coefficient (Wildman–Crippen LogP) is 4.74. The van der Waals surface area contributed by atoms with Gasteiger partial charge in [0.2, 0.25) is 0 Å². The summed E-state index contributed by atoms with van der Waals surface area (Å²) in [6.45, 7) is 4.47. The largest absolute Gasteiger partial charge is 0.462 e. The first-order valence-electron chi connectivity index (χ1n) is 8.95. The van der Waals surface area contributed by atoms with E-state index in [2.05, 4.69) is 22.2 Å². The topological polar surface area (TPSA) is 64.1 Å². The Morgan fingerprint density at radius 1 is 1.38 bits per heavy atom. The molecule has 3 aromatic rings.